The molecule has 0 heterocycles. The minimum Gasteiger partial charge on any atom is -0.374 e. The second kappa shape index (κ2) is 14.6. The molecule has 1 nitrogen and oxygen atoms in total. The maximum absolute atomic E-state index is 4.60. The summed E-state index contributed by atoms with van der Waals surface area (Å²) in [4.78, 5) is 2.36. The van der Waals surface area contributed by atoms with Crippen LogP contribution in [0.5, 0.6) is 0 Å². The molecule has 1 rings (SSSR count). The third kappa shape index (κ3) is 9.19. The van der Waals surface area contributed by atoms with Crippen molar-refractivity contribution in [2.45, 2.75) is 53.9 Å². The first-order chi connectivity index (χ1) is 9.21. The van der Waals surface area contributed by atoms with Crippen molar-refractivity contribution in [3.63, 3.8) is 0 Å². The Morgan fingerprint density at radius 2 is 1.68 bits per heavy atom. The smallest absolute Gasteiger partial charge is 0.0396 e. The van der Waals surface area contributed by atoms with Crippen LogP contribution in [-0.2, 0) is 6.42 Å². The number of anilines is 1. The molecule has 108 valence electrons. The van der Waals surface area contributed by atoms with E-state index in [9.17, 15) is 0 Å². The molecule has 0 bridgehead atoms. The standard InChI is InChI=1S/C13H21N.C3H4.C2H6/c1-4-6-11-14(3)13-10-8-7-9-12(13)5-2;1-3-2;1-2/h7-10H,4-6,11H2,1-3H3;1H,2H3;1-2H3. The molecule has 1 aromatic rings. The second-order valence-electron chi connectivity index (χ2n) is 4.05. The van der Waals surface area contributed by atoms with Gasteiger partial charge >= 0.3 is 0 Å². The van der Waals surface area contributed by atoms with Crippen LogP contribution >= 0.6 is 0 Å². The molecule has 0 radical (unpaired) electrons. The van der Waals surface area contributed by atoms with Crippen LogP contribution in [0.2, 0.25) is 0 Å². The Balaban J connectivity index is 0. The zero-order chi connectivity index (χ0) is 15.1. The van der Waals surface area contributed by atoms with Crippen LogP contribution in [0.1, 0.15) is 53.0 Å². The van der Waals surface area contributed by atoms with E-state index in [0.717, 1.165) is 13.0 Å². The Hall–Kier alpha value is -1.42. The summed E-state index contributed by atoms with van der Waals surface area (Å²) in [5, 5.41) is 0. The molecule has 0 unspecified atom stereocenters. The largest absolute Gasteiger partial charge is 0.374 e. The van der Waals surface area contributed by atoms with E-state index >= 15 is 0 Å². The van der Waals surface area contributed by atoms with Crippen LogP contribution in [-0.4, -0.2) is 13.6 Å². The molecule has 0 aliphatic rings. The first kappa shape index (κ1) is 19.9. The average molecular weight is 261 g/mol. The van der Waals surface area contributed by atoms with E-state index in [4.69, 9.17) is 0 Å². The molecule has 0 N–H and O–H groups in total. The van der Waals surface area contributed by atoms with Gasteiger partial charge in [0.05, 0.1) is 0 Å². The number of unbranched alkanes of at least 4 members (excludes halogenated alkanes) is 1. The van der Waals surface area contributed by atoms with Crippen molar-refractivity contribution in [2.24, 2.45) is 0 Å². The Labute approximate surface area is 121 Å². The summed E-state index contributed by atoms with van der Waals surface area (Å²) in [7, 11) is 2.18. The van der Waals surface area contributed by atoms with Crippen LogP contribution in [0.25, 0.3) is 0 Å². The zero-order valence-corrected chi connectivity index (χ0v) is 13.7. The lowest BCUT2D eigenvalue weighted by molar-refractivity contribution is 0.764. The van der Waals surface area contributed by atoms with E-state index in [1.54, 1.807) is 6.92 Å². The summed E-state index contributed by atoms with van der Waals surface area (Å²) in [6.07, 6.45) is 8.25. The van der Waals surface area contributed by atoms with E-state index in [0.29, 0.717) is 0 Å². The molecule has 0 aliphatic carbocycles. The molecule has 0 atom stereocenters. The maximum Gasteiger partial charge on any atom is 0.0396 e. The van der Waals surface area contributed by atoms with Crippen molar-refractivity contribution >= 4 is 5.69 Å². The number of nitrogens with zero attached hydrogens (tertiary/aromatic N) is 1. The van der Waals surface area contributed by atoms with Gasteiger partial charge in [-0.05, 0) is 31.4 Å². The summed E-state index contributed by atoms with van der Waals surface area (Å²) < 4.78 is 0. The first-order valence-corrected chi connectivity index (χ1v) is 7.37. The van der Waals surface area contributed by atoms with Crippen molar-refractivity contribution < 1.29 is 0 Å². The van der Waals surface area contributed by atoms with Gasteiger partial charge < -0.3 is 4.90 Å². The summed E-state index contributed by atoms with van der Waals surface area (Å²) >= 11 is 0. The van der Waals surface area contributed by atoms with Gasteiger partial charge in [0.2, 0.25) is 0 Å². The molecule has 1 aromatic carbocycles. The molecule has 19 heavy (non-hydrogen) atoms. The molecule has 0 amide bonds. The fourth-order valence-electron chi connectivity index (χ4n) is 1.70. The van der Waals surface area contributed by atoms with Crippen LogP contribution in [0.4, 0.5) is 5.69 Å². The van der Waals surface area contributed by atoms with E-state index < -0.39 is 0 Å². The van der Waals surface area contributed by atoms with Crippen LogP contribution in [0, 0.1) is 12.3 Å². The van der Waals surface area contributed by atoms with E-state index in [2.05, 4.69) is 62.4 Å². The Morgan fingerprint density at radius 3 is 2.16 bits per heavy atom. The minimum atomic E-state index is 1.12. The fourth-order valence-corrected chi connectivity index (χ4v) is 1.70. The Bertz CT molecular complexity index is 336. The summed E-state index contributed by atoms with van der Waals surface area (Å²) in [6, 6.07) is 8.68. The monoisotopic (exact) mass is 261 g/mol. The quantitative estimate of drug-likeness (QED) is 0.662. The predicted octanol–water partition coefficient (Wildman–Crippen LogP) is 5.15. The minimum absolute atomic E-state index is 1.12. The number of terminal acetylenes is 1. The molecule has 0 saturated heterocycles. The van der Waals surface area contributed by atoms with E-state index in [1.165, 1.54) is 24.1 Å². The highest BCUT2D eigenvalue weighted by Gasteiger charge is 2.03. The lowest BCUT2D eigenvalue weighted by Crippen LogP contribution is -2.19. The number of aryl methyl sites for hydroxylation is 1. The van der Waals surface area contributed by atoms with Gasteiger partial charge in [0.15, 0.2) is 0 Å². The Morgan fingerprint density at radius 1 is 1.16 bits per heavy atom. The molecule has 0 aromatic heterocycles. The predicted molar refractivity (Wildman–Crippen MR) is 89.9 cm³/mol. The SMILES string of the molecule is C#CC.CC.CCCCN(C)c1ccccc1CC. The molecule has 0 aliphatic heterocycles. The number of para-hydroxylation sites is 1. The summed E-state index contributed by atoms with van der Waals surface area (Å²) in [5.74, 6) is 2.25. The van der Waals surface area contributed by atoms with Crippen molar-refractivity contribution in [1.29, 1.82) is 0 Å². The van der Waals surface area contributed by atoms with Crippen LogP contribution < -0.4 is 4.90 Å². The summed E-state index contributed by atoms with van der Waals surface area (Å²) in [5.41, 5.74) is 2.84. The highest BCUT2D eigenvalue weighted by atomic mass is 15.1. The number of benzene rings is 1. The molecule has 0 saturated carbocycles. The number of hydrogen-bond donors (Lipinski definition) is 0. The second-order valence-corrected chi connectivity index (χ2v) is 4.05. The van der Waals surface area contributed by atoms with Crippen LogP contribution in [0.3, 0.4) is 0 Å². The normalized spacial score (nSPS) is 8.26. The van der Waals surface area contributed by atoms with Crippen LogP contribution in [0.15, 0.2) is 24.3 Å². The van der Waals surface area contributed by atoms with Gasteiger partial charge in [0, 0.05) is 19.3 Å². The zero-order valence-electron chi connectivity index (χ0n) is 13.7. The lowest BCUT2D eigenvalue weighted by Gasteiger charge is -2.21. The van der Waals surface area contributed by atoms with Gasteiger partial charge in [0.25, 0.3) is 0 Å². The highest BCUT2D eigenvalue weighted by Crippen LogP contribution is 2.19. The van der Waals surface area contributed by atoms with E-state index in [1.807, 2.05) is 13.8 Å². The van der Waals surface area contributed by atoms with Crippen molar-refractivity contribution in [3.8, 4) is 12.3 Å². The number of rotatable bonds is 5. The topological polar surface area (TPSA) is 3.24 Å². The van der Waals surface area contributed by atoms with Gasteiger partial charge in [-0.3, -0.25) is 0 Å². The lowest BCUT2D eigenvalue weighted by atomic mass is 10.1. The first-order valence-electron chi connectivity index (χ1n) is 7.37. The summed E-state index contributed by atoms with van der Waals surface area (Å²) in [6.45, 7) is 11.3. The van der Waals surface area contributed by atoms with Gasteiger partial charge in [-0.25, -0.2) is 0 Å². The van der Waals surface area contributed by atoms with Crippen molar-refractivity contribution in [1.82, 2.24) is 0 Å². The molecule has 1 heteroatoms. The molecular formula is C18H31N. The maximum atomic E-state index is 4.60. The van der Waals surface area contributed by atoms with Gasteiger partial charge in [-0.15, -0.1) is 12.3 Å². The third-order valence-electron chi connectivity index (χ3n) is 2.63. The Kier molecular flexibility index (Phi) is 15.3. The molecular weight excluding hydrogens is 230 g/mol. The fraction of sp³-hybridized carbons (Fsp3) is 0.556. The van der Waals surface area contributed by atoms with Gasteiger partial charge in [-0.2, -0.15) is 0 Å². The van der Waals surface area contributed by atoms with E-state index in [-0.39, 0.29) is 0 Å². The van der Waals surface area contributed by atoms with Gasteiger partial charge in [0.1, 0.15) is 0 Å². The number of hydrogen-bond acceptors (Lipinski definition) is 1. The molecule has 0 fully saturated rings. The average Bonchev–Trinajstić information content (AvgIpc) is 2.47. The highest BCUT2D eigenvalue weighted by molar-refractivity contribution is 5.52. The van der Waals surface area contributed by atoms with Gasteiger partial charge in [-0.1, -0.05) is 52.3 Å². The molecule has 0 spiro atoms. The van der Waals surface area contributed by atoms with Crippen molar-refractivity contribution in [2.75, 3.05) is 18.5 Å². The van der Waals surface area contributed by atoms with Crippen molar-refractivity contribution in [3.05, 3.63) is 29.8 Å². The third-order valence-corrected chi connectivity index (χ3v) is 2.63.